The second-order valence-corrected chi connectivity index (χ2v) is 12.7. The summed E-state index contributed by atoms with van der Waals surface area (Å²) in [6, 6.07) is 22.7. The van der Waals surface area contributed by atoms with Gasteiger partial charge in [0.05, 0.1) is 51.7 Å². The van der Waals surface area contributed by atoms with E-state index in [2.05, 4.69) is 26.6 Å². The van der Waals surface area contributed by atoms with Crippen LogP contribution in [0.5, 0.6) is 5.75 Å². The second-order valence-electron chi connectivity index (χ2n) is 10.8. The normalized spacial score (nSPS) is 14.6. The van der Waals surface area contributed by atoms with E-state index >= 15 is 0 Å². The first-order valence-electron chi connectivity index (χ1n) is 15.0. The molecule has 232 valence electrons. The molecule has 0 spiro atoms. The van der Waals surface area contributed by atoms with Crippen molar-refractivity contribution in [1.29, 1.82) is 5.26 Å². The number of fused-ring (bicyclic) bond motifs is 2. The van der Waals surface area contributed by atoms with Crippen LogP contribution in [0.25, 0.3) is 17.0 Å². The number of hydrogen-bond donors (Lipinski definition) is 0. The maximum atomic E-state index is 14.3. The predicted molar refractivity (Wildman–Crippen MR) is 183 cm³/mol. The smallest absolute Gasteiger partial charge is 0.338 e. The average molecular weight is 696 g/mol. The quantitative estimate of drug-likeness (QED) is 0.171. The van der Waals surface area contributed by atoms with Crippen LogP contribution in [0.2, 0.25) is 0 Å². The van der Waals surface area contributed by atoms with Crippen LogP contribution in [0.15, 0.2) is 98.5 Å². The number of hydrogen-bond acceptors (Lipinski definition) is 7. The van der Waals surface area contributed by atoms with Crippen molar-refractivity contribution >= 4 is 50.2 Å². The molecule has 1 atom stereocenters. The van der Waals surface area contributed by atoms with Gasteiger partial charge in [0, 0.05) is 29.2 Å². The molecule has 5 aromatic rings. The van der Waals surface area contributed by atoms with E-state index < -0.39 is 12.0 Å². The standard InChI is InChI=1S/C36H31BrN4O4S/c1-4-10-28-32(35(43)45-5-2)33(22-15-16-30(44-3)27(37)17-22)41-34(42)31(46-36(41)39-28)18-25-21-40(29-14-9-8-13-26(25)29)20-24-12-7-6-11-23(24)19-38/h6-9,11-18,21,33H,4-5,10,20H2,1-3H3/b31-18+/t33-/m1/s1. The number of rotatable bonds is 9. The Morgan fingerprint density at radius 2 is 1.91 bits per heavy atom. The fourth-order valence-electron chi connectivity index (χ4n) is 5.90. The first-order valence-corrected chi connectivity index (χ1v) is 16.6. The highest BCUT2D eigenvalue weighted by atomic mass is 79.9. The average Bonchev–Trinajstić information content (AvgIpc) is 3.56. The number of halogens is 1. The molecule has 2 aromatic heterocycles. The fourth-order valence-corrected chi connectivity index (χ4v) is 7.47. The molecule has 0 unspecified atom stereocenters. The number of benzene rings is 3. The van der Waals surface area contributed by atoms with E-state index in [1.54, 1.807) is 18.6 Å². The van der Waals surface area contributed by atoms with Crippen molar-refractivity contribution in [3.8, 4) is 11.8 Å². The Hall–Kier alpha value is -4.72. The van der Waals surface area contributed by atoms with Gasteiger partial charge in [-0.1, -0.05) is 67.1 Å². The van der Waals surface area contributed by atoms with Crippen molar-refractivity contribution in [3.63, 3.8) is 0 Å². The molecule has 8 nitrogen and oxygen atoms in total. The number of methoxy groups -OCH3 is 1. The molecule has 1 aliphatic heterocycles. The third kappa shape index (κ3) is 5.72. The monoisotopic (exact) mass is 694 g/mol. The number of esters is 1. The van der Waals surface area contributed by atoms with Crippen molar-refractivity contribution in [1.82, 2.24) is 9.13 Å². The number of ether oxygens (including phenoxy) is 2. The Labute approximate surface area is 278 Å². The first kappa shape index (κ1) is 31.3. The van der Waals surface area contributed by atoms with Gasteiger partial charge in [-0.2, -0.15) is 5.26 Å². The molecule has 0 fully saturated rings. The van der Waals surface area contributed by atoms with E-state index in [1.165, 1.54) is 11.3 Å². The SMILES string of the molecule is CCCC1=C(C(=O)OCC)[C@@H](c2ccc(OC)c(Br)c2)n2c(s/c(=C/c3cn(Cc4ccccc4C#N)c4ccccc34)c2=O)=N1. The Bertz CT molecular complexity index is 2240. The van der Waals surface area contributed by atoms with Crippen LogP contribution < -0.4 is 19.6 Å². The third-order valence-electron chi connectivity index (χ3n) is 7.97. The van der Waals surface area contributed by atoms with E-state index in [9.17, 15) is 14.9 Å². The molecular weight excluding hydrogens is 664 g/mol. The number of carbonyl (C=O) groups is 1. The molecule has 0 bridgehead atoms. The zero-order valence-corrected chi connectivity index (χ0v) is 28.0. The van der Waals surface area contributed by atoms with Crippen LogP contribution in [0.3, 0.4) is 0 Å². The van der Waals surface area contributed by atoms with E-state index in [1.807, 2.05) is 85.9 Å². The van der Waals surface area contributed by atoms with Gasteiger partial charge in [-0.25, -0.2) is 9.79 Å². The number of carbonyl (C=O) groups excluding carboxylic acids is 1. The van der Waals surface area contributed by atoms with Crippen LogP contribution in [-0.2, 0) is 16.1 Å². The summed E-state index contributed by atoms with van der Waals surface area (Å²) in [4.78, 5) is 33.3. The minimum Gasteiger partial charge on any atom is -0.496 e. The highest BCUT2D eigenvalue weighted by Gasteiger charge is 2.34. The number of nitrogens with zero attached hydrogens (tertiary/aromatic N) is 4. The molecule has 0 saturated carbocycles. The Morgan fingerprint density at radius 1 is 1.13 bits per heavy atom. The van der Waals surface area contributed by atoms with Gasteiger partial charge in [-0.3, -0.25) is 9.36 Å². The summed E-state index contributed by atoms with van der Waals surface area (Å²) in [5, 5.41) is 10.6. The second kappa shape index (κ2) is 13.3. The van der Waals surface area contributed by atoms with E-state index in [0.29, 0.717) is 49.4 Å². The van der Waals surface area contributed by atoms with Gasteiger partial charge < -0.3 is 14.0 Å². The Kier molecular flexibility index (Phi) is 9.06. The lowest BCUT2D eigenvalue weighted by Gasteiger charge is -2.26. The van der Waals surface area contributed by atoms with E-state index in [4.69, 9.17) is 14.5 Å². The molecule has 3 heterocycles. The van der Waals surface area contributed by atoms with Crippen molar-refractivity contribution in [3.05, 3.63) is 131 Å². The maximum absolute atomic E-state index is 14.3. The molecule has 6 rings (SSSR count). The molecule has 10 heteroatoms. The molecule has 0 saturated heterocycles. The van der Waals surface area contributed by atoms with Crippen molar-refractivity contribution in [2.24, 2.45) is 4.99 Å². The lowest BCUT2D eigenvalue weighted by molar-refractivity contribution is -0.139. The molecule has 1 aliphatic rings. The summed E-state index contributed by atoms with van der Waals surface area (Å²) >= 11 is 4.89. The summed E-state index contributed by atoms with van der Waals surface area (Å²) in [6.45, 7) is 4.51. The number of allylic oxidation sites excluding steroid dienone is 1. The fraction of sp³-hybridized carbons (Fsp3) is 0.222. The molecule has 0 aliphatic carbocycles. The zero-order chi connectivity index (χ0) is 32.4. The molecule has 0 amide bonds. The van der Waals surface area contributed by atoms with Gasteiger partial charge in [0.25, 0.3) is 5.56 Å². The van der Waals surface area contributed by atoms with Crippen molar-refractivity contribution < 1.29 is 14.3 Å². The minimum atomic E-state index is -0.731. The predicted octanol–water partition coefficient (Wildman–Crippen LogP) is 6.22. The summed E-state index contributed by atoms with van der Waals surface area (Å²) in [5.74, 6) is 0.155. The lowest BCUT2D eigenvalue weighted by Crippen LogP contribution is -2.40. The van der Waals surface area contributed by atoms with Crippen LogP contribution in [0.1, 0.15) is 55.0 Å². The van der Waals surface area contributed by atoms with E-state index in [-0.39, 0.29) is 12.2 Å². The molecule has 0 radical (unpaired) electrons. The minimum absolute atomic E-state index is 0.202. The lowest BCUT2D eigenvalue weighted by atomic mass is 9.94. The van der Waals surface area contributed by atoms with Crippen molar-refractivity contribution in [2.75, 3.05) is 13.7 Å². The maximum Gasteiger partial charge on any atom is 0.338 e. The number of nitriles is 1. The number of aromatic nitrogens is 2. The van der Waals surface area contributed by atoms with Crippen LogP contribution in [-0.4, -0.2) is 28.8 Å². The van der Waals surface area contributed by atoms with Gasteiger partial charge in [0.1, 0.15) is 5.75 Å². The largest absolute Gasteiger partial charge is 0.496 e. The van der Waals surface area contributed by atoms with Crippen LogP contribution >= 0.6 is 27.3 Å². The highest BCUT2D eigenvalue weighted by molar-refractivity contribution is 9.10. The molecule has 46 heavy (non-hydrogen) atoms. The highest BCUT2D eigenvalue weighted by Crippen LogP contribution is 2.36. The van der Waals surface area contributed by atoms with Gasteiger partial charge >= 0.3 is 5.97 Å². The number of thiazole rings is 1. The van der Waals surface area contributed by atoms with E-state index in [0.717, 1.165) is 34.0 Å². The van der Waals surface area contributed by atoms with Gasteiger partial charge in [0.15, 0.2) is 4.80 Å². The van der Waals surface area contributed by atoms with Gasteiger partial charge in [-0.05, 0) is 70.7 Å². The molecule has 0 N–H and O–H groups in total. The van der Waals surface area contributed by atoms with Crippen LogP contribution in [0, 0.1) is 11.3 Å². The Balaban J connectivity index is 1.55. The first-order chi connectivity index (χ1) is 22.4. The molecule has 3 aromatic carbocycles. The number of para-hydroxylation sites is 1. The Morgan fingerprint density at radius 3 is 2.65 bits per heavy atom. The van der Waals surface area contributed by atoms with Gasteiger partial charge in [-0.15, -0.1) is 0 Å². The van der Waals surface area contributed by atoms with Crippen LogP contribution in [0.4, 0.5) is 0 Å². The summed E-state index contributed by atoms with van der Waals surface area (Å²) < 4.78 is 15.9. The third-order valence-corrected chi connectivity index (χ3v) is 9.57. The van der Waals surface area contributed by atoms with Gasteiger partial charge in [0.2, 0.25) is 0 Å². The summed E-state index contributed by atoms with van der Waals surface area (Å²) in [7, 11) is 1.59. The topological polar surface area (TPSA) is 98.6 Å². The van der Waals surface area contributed by atoms with Crippen molar-refractivity contribution in [2.45, 2.75) is 39.3 Å². The zero-order valence-electron chi connectivity index (χ0n) is 25.6. The molecular formula is C36H31BrN4O4S. The summed E-state index contributed by atoms with van der Waals surface area (Å²) in [6.07, 6.45) is 5.24. The summed E-state index contributed by atoms with van der Waals surface area (Å²) in [5.41, 5.74) is 4.88.